The molecule has 0 bridgehead atoms. The van der Waals surface area contributed by atoms with Crippen molar-refractivity contribution in [2.75, 3.05) is 75.1 Å². The van der Waals surface area contributed by atoms with Gasteiger partial charge in [-0.05, 0) is 61.5 Å². The standard InChI is InChI=1S/C30H36N6O3/c1-22-6-7-26(32-29(37)25-8-9-31-28(19-25)36-14-16-39-17-15-36)20-27(22)33-30(38)24-5-3-4-23(18-24)21-35-12-10-34(2)11-13-35/h3-9,18-20H,10-17,21H2,1-2H3,(H,32,37)(H,33,38). The lowest BCUT2D eigenvalue weighted by molar-refractivity contribution is 0.101. The van der Waals surface area contributed by atoms with Gasteiger partial charge in [0.1, 0.15) is 5.82 Å². The Labute approximate surface area is 229 Å². The van der Waals surface area contributed by atoms with E-state index in [4.69, 9.17) is 4.74 Å². The van der Waals surface area contributed by atoms with E-state index in [1.54, 1.807) is 24.4 Å². The highest BCUT2D eigenvalue weighted by molar-refractivity contribution is 6.07. The molecule has 3 heterocycles. The van der Waals surface area contributed by atoms with E-state index in [0.29, 0.717) is 35.7 Å². The minimum atomic E-state index is -0.232. The minimum Gasteiger partial charge on any atom is -0.378 e. The van der Waals surface area contributed by atoms with E-state index in [9.17, 15) is 9.59 Å². The first kappa shape index (κ1) is 26.8. The van der Waals surface area contributed by atoms with Crippen molar-refractivity contribution in [1.29, 1.82) is 0 Å². The molecule has 2 saturated heterocycles. The fraction of sp³-hybridized carbons (Fsp3) is 0.367. The first-order valence-corrected chi connectivity index (χ1v) is 13.5. The fourth-order valence-electron chi connectivity index (χ4n) is 4.83. The fourth-order valence-corrected chi connectivity index (χ4v) is 4.83. The average molecular weight is 529 g/mol. The molecule has 5 rings (SSSR count). The highest BCUT2D eigenvalue weighted by Gasteiger charge is 2.17. The molecule has 9 heteroatoms. The van der Waals surface area contributed by atoms with Gasteiger partial charge in [0.15, 0.2) is 0 Å². The van der Waals surface area contributed by atoms with Crippen LogP contribution in [0.2, 0.25) is 0 Å². The van der Waals surface area contributed by atoms with Gasteiger partial charge in [0.05, 0.1) is 13.2 Å². The maximum Gasteiger partial charge on any atom is 0.255 e. The van der Waals surface area contributed by atoms with Crippen molar-refractivity contribution in [3.8, 4) is 0 Å². The van der Waals surface area contributed by atoms with E-state index in [1.807, 2.05) is 37.3 Å². The summed E-state index contributed by atoms with van der Waals surface area (Å²) in [5.74, 6) is 0.355. The van der Waals surface area contributed by atoms with E-state index in [-0.39, 0.29) is 11.8 Å². The molecule has 0 saturated carbocycles. The Bertz CT molecular complexity index is 1320. The molecule has 2 fully saturated rings. The molecule has 2 aliphatic rings. The number of nitrogens with one attached hydrogen (secondary N) is 2. The molecular weight excluding hydrogens is 492 g/mol. The number of benzene rings is 2. The van der Waals surface area contributed by atoms with Crippen LogP contribution in [0.15, 0.2) is 60.8 Å². The molecule has 2 amide bonds. The summed E-state index contributed by atoms with van der Waals surface area (Å²) in [6, 6.07) is 16.8. The number of pyridine rings is 1. The van der Waals surface area contributed by atoms with Crippen molar-refractivity contribution < 1.29 is 14.3 Å². The number of ether oxygens (including phenoxy) is 1. The number of piperazine rings is 1. The molecular formula is C30H36N6O3. The van der Waals surface area contributed by atoms with Gasteiger partial charge in [-0.3, -0.25) is 14.5 Å². The summed E-state index contributed by atoms with van der Waals surface area (Å²) >= 11 is 0. The number of morpholine rings is 1. The first-order chi connectivity index (χ1) is 18.9. The normalized spacial score (nSPS) is 16.6. The third-order valence-corrected chi connectivity index (χ3v) is 7.28. The lowest BCUT2D eigenvalue weighted by Gasteiger charge is -2.32. The molecule has 0 atom stereocenters. The van der Waals surface area contributed by atoms with Crippen molar-refractivity contribution in [1.82, 2.24) is 14.8 Å². The van der Waals surface area contributed by atoms with Gasteiger partial charge >= 0.3 is 0 Å². The Balaban J connectivity index is 1.23. The Morgan fingerprint density at radius 1 is 0.872 bits per heavy atom. The van der Waals surface area contributed by atoms with Gasteiger partial charge in [-0.25, -0.2) is 4.98 Å². The maximum absolute atomic E-state index is 13.2. The van der Waals surface area contributed by atoms with Crippen molar-refractivity contribution in [2.45, 2.75) is 13.5 Å². The smallest absolute Gasteiger partial charge is 0.255 e. The van der Waals surface area contributed by atoms with Gasteiger partial charge in [0.25, 0.3) is 11.8 Å². The summed E-state index contributed by atoms with van der Waals surface area (Å²) in [7, 11) is 2.15. The molecule has 0 spiro atoms. The Kier molecular flexibility index (Phi) is 8.51. The third-order valence-electron chi connectivity index (χ3n) is 7.28. The van der Waals surface area contributed by atoms with Crippen LogP contribution in [0, 0.1) is 6.92 Å². The zero-order valence-corrected chi connectivity index (χ0v) is 22.7. The van der Waals surface area contributed by atoms with E-state index in [0.717, 1.165) is 62.8 Å². The summed E-state index contributed by atoms with van der Waals surface area (Å²) in [6.07, 6.45) is 1.65. The van der Waals surface area contributed by atoms with Crippen LogP contribution in [0.4, 0.5) is 17.2 Å². The molecule has 2 aliphatic heterocycles. The van der Waals surface area contributed by atoms with Crippen LogP contribution < -0.4 is 15.5 Å². The number of hydrogen-bond acceptors (Lipinski definition) is 7. The molecule has 0 aliphatic carbocycles. The molecule has 9 nitrogen and oxygen atoms in total. The molecule has 1 aromatic heterocycles. The predicted molar refractivity (Wildman–Crippen MR) is 154 cm³/mol. The molecule has 2 N–H and O–H groups in total. The molecule has 3 aromatic rings. The quantitative estimate of drug-likeness (QED) is 0.485. The van der Waals surface area contributed by atoms with E-state index in [1.165, 1.54) is 0 Å². The van der Waals surface area contributed by atoms with Gasteiger partial charge in [0.2, 0.25) is 0 Å². The van der Waals surface area contributed by atoms with Crippen LogP contribution in [-0.4, -0.2) is 86.1 Å². The van der Waals surface area contributed by atoms with Crippen molar-refractivity contribution in [3.63, 3.8) is 0 Å². The topological polar surface area (TPSA) is 90.0 Å². The number of aryl methyl sites for hydroxylation is 1. The van der Waals surface area contributed by atoms with Crippen molar-refractivity contribution >= 4 is 29.0 Å². The number of carbonyl (C=O) groups excluding carboxylic acids is 2. The Morgan fingerprint density at radius 2 is 1.62 bits per heavy atom. The first-order valence-electron chi connectivity index (χ1n) is 13.5. The van der Waals surface area contributed by atoms with E-state index >= 15 is 0 Å². The second-order valence-corrected chi connectivity index (χ2v) is 10.2. The lowest BCUT2D eigenvalue weighted by Crippen LogP contribution is -2.43. The lowest BCUT2D eigenvalue weighted by atomic mass is 10.1. The zero-order valence-electron chi connectivity index (χ0n) is 22.7. The van der Waals surface area contributed by atoms with Crippen molar-refractivity contribution in [3.05, 3.63) is 83.0 Å². The number of amides is 2. The second kappa shape index (κ2) is 12.4. The number of aromatic nitrogens is 1. The summed E-state index contributed by atoms with van der Waals surface area (Å²) in [4.78, 5) is 37.5. The summed E-state index contributed by atoms with van der Waals surface area (Å²) in [5.41, 5.74) is 4.44. The van der Waals surface area contributed by atoms with Crippen LogP contribution in [0.3, 0.4) is 0 Å². The van der Waals surface area contributed by atoms with Gasteiger partial charge in [-0.2, -0.15) is 0 Å². The van der Waals surface area contributed by atoms with Crippen LogP contribution in [0.5, 0.6) is 0 Å². The van der Waals surface area contributed by atoms with E-state index < -0.39 is 0 Å². The van der Waals surface area contributed by atoms with Crippen LogP contribution in [0.1, 0.15) is 31.8 Å². The number of hydrogen-bond donors (Lipinski definition) is 2. The molecule has 2 aromatic carbocycles. The molecule has 0 radical (unpaired) electrons. The molecule has 39 heavy (non-hydrogen) atoms. The molecule has 204 valence electrons. The SMILES string of the molecule is Cc1ccc(NC(=O)c2ccnc(N3CCOCC3)c2)cc1NC(=O)c1cccc(CN2CCN(C)CC2)c1. The van der Waals surface area contributed by atoms with E-state index in [2.05, 4.69) is 43.4 Å². The Hall–Kier alpha value is -3.79. The van der Waals surface area contributed by atoms with Crippen LogP contribution in [0.25, 0.3) is 0 Å². The largest absolute Gasteiger partial charge is 0.378 e. The van der Waals surface area contributed by atoms with Crippen LogP contribution >= 0.6 is 0 Å². The number of likely N-dealkylation sites (N-methyl/N-ethyl adjacent to an activating group) is 1. The highest BCUT2D eigenvalue weighted by atomic mass is 16.5. The third kappa shape index (κ3) is 7.00. The monoisotopic (exact) mass is 528 g/mol. The average Bonchev–Trinajstić information content (AvgIpc) is 2.96. The van der Waals surface area contributed by atoms with Crippen molar-refractivity contribution in [2.24, 2.45) is 0 Å². The maximum atomic E-state index is 13.2. The Morgan fingerprint density at radius 3 is 2.41 bits per heavy atom. The minimum absolute atomic E-state index is 0.175. The van der Waals surface area contributed by atoms with Gasteiger partial charge in [-0.1, -0.05) is 18.2 Å². The number of nitrogens with zero attached hydrogens (tertiary/aromatic N) is 4. The van der Waals surface area contributed by atoms with Gasteiger partial charge in [-0.15, -0.1) is 0 Å². The number of rotatable bonds is 7. The summed E-state index contributed by atoms with van der Waals surface area (Å²) in [6.45, 7) is 9.73. The van der Waals surface area contributed by atoms with Gasteiger partial charge in [0, 0.05) is 74.5 Å². The second-order valence-electron chi connectivity index (χ2n) is 10.2. The summed E-state index contributed by atoms with van der Waals surface area (Å²) < 4.78 is 5.41. The molecule has 0 unspecified atom stereocenters. The predicted octanol–water partition coefficient (Wildman–Crippen LogP) is 3.48. The highest BCUT2D eigenvalue weighted by Crippen LogP contribution is 2.23. The number of carbonyl (C=O) groups is 2. The zero-order chi connectivity index (χ0) is 27.2. The van der Waals surface area contributed by atoms with Gasteiger partial charge < -0.3 is 25.2 Å². The number of anilines is 3. The summed E-state index contributed by atoms with van der Waals surface area (Å²) in [5, 5.41) is 5.99. The van der Waals surface area contributed by atoms with Crippen LogP contribution in [-0.2, 0) is 11.3 Å².